The molecule has 9 heteroatoms. The molecule has 116 valence electrons. The molecule has 0 atom stereocenters. The number of anilines is 1. The summed E-state index contributed by atoms with van der Waals surface area (Å²) in [6, 6.07) is 2.74. The fourth-order valence-electron chi connectivity index (χ4n) is 1.85. The molecule has 0 bridgehead atoms. The second kappa shape index (κ2) is 6.42. The molecule has 0 aliphatic heterocycles. The van der Waals surface area contributed by atoms with Crippen molar-refractivity contribution >= 4 is 17.3 Å². The van der Waals surface area contributed by atoms with Crippen LogP contribution in [0, 0.1) is 10.1 Å². The molecule has 1 rings (SSSR count). The molecule has 0 saturated carbocycles. The Labute approximate surface area is 117 Å². The summed E-state index contributed by atoms with van der Waals surface area (Å²) >= 11 is 0. The maximum atomic E-state index is 12.6. The highest BCUT2D eigenvalue weighted by molar-refractivity contribution is 5.95. The Balaban J connectivity index is 3.34. The molecule has 0 aromatic heterocycles. The average Bonchev–Trinajstić information content (AvgIpc) is 2.35. The van der Waals surface area contributed by atoms with Crippen molar-refractivity contribution in [1.29, 1.82) is 0 Å². The zero-order chi connectivity index (χ0) is 16.2. The lowest BCUT2D eigenvalue weighted by Gasteiger charge is -2.26. The molecule has 1 N–H and O–H groups in total. The van der Waals surface area contributed by atoms with Gasteiger partial charge in [-0.05, 0) is 12.5 Å². The molecule has 6 nitrogen and oxygen atoms in total. The van der Waals surface area contributed by atoms with Crippen LogP contribution in [0.25, 0.3) is 0 Å². The van der Waals surface area contributed by atoms with Crippen LogP contribution < -0.4 is 4.90 Å². The highest BCUT2D eigenvalue weighted by atomic mass is 19.4. The van der Waals surface area contributed by atoms with Crippen molar-refractivity contribution in [3.8, 4) is 0 Å². The number of carboxylic acids is 1. The topological polar surface area (TPSA) is 83.7 Å². The Hall–Kier alpha value is -2.32. The number of aromatic carboxylic acids is 1. The first-order valence-corrected chi connectivity index (χ1v) is 5.99. The van der Waals surface area contributed by atoms with Gasteiger partial charge < -0.3 is 10.0 Å². The third kappa shape index (κ3) is 4.62. The van der Waals surface area contributed by atoms with E-state index in [4.69, 9.17) is 5.11 Å². The summed E-state index contributed by atoms with van der Waals surface area (Å²) in [5.41, 5.74) is -1.17. The number of halogens is 3. The number of benzene rings is 1. The van der Waals surface area contributed by atoms with E-state index in [1.807, 2.05) is 0 Å². The number of non-ortho nitro benzene ring substituents is 1. The standard InChI is InChI=1S/C12H13F3N2O4/c1-2-5-16(7-12(13,14)15)10-6-8(17(20)21)3-4-9(10)11(18)19/h3-4,6H,2,5,7H2,1H3,(H,18,19). The minimum Gasteiger partial charge on any atom is -0.478 e. The molecule has 0 radical (unpaired) electrons. The molecular weight excluding hydrogens is 293 g/mol. The van der Waals surface area contributed by atoms with Gasteiger partial charge in [-0.15, -0.1) is 0 Å². The first kappa shape index (κ1) is 16.7. The number of rotatable bonds is 6. The van der Waals surface area contributed by atoms with Gasteiger partial charge in [0.05, 0.1) is 16.2 Å². The SMILES string of the molecule is CCCN(CC(F)(F)F)c1cc([N+](=O)[O-])ccc1C(=O)O. The molecule has 0 saturated heterocycles. The minimum atomic E-state index is -4.55. The monoisotopic (exact) mass is 306 g/mol. The Morgan fingerprint density at radius 2 is 2.05 bits per heavy atom. The van der Waals surface area contributed by atoms with Crippen molar-refractivity contribution in [3.05, 3.63) is 33.9 Å². The Morgan fingerprint density at radius 3 is 2.48 bits per heavy atom. The zero-order valence-corrected chi connectivity index (χ0v) is 11.1. The van der Waals surface area contributed by atoms with Crippen molar-refractivity contribution in [1.82, 2.24) is 0 Å². The molecule has 21 heavy (non-hydrogen) atoms. The van der Waals surface area contributed by atoms with Gasteiger partial charge in [0, 0.05) is 18.7 Å². The van der Waals surface area contributed by atoms with Crippen molar-refractivity contribution in [3.63, 3.8) is 0 Å². The predicted octanol–water partition coefficient (Wildman–Crippen LogP) is 3.07. The van der Waals surface area contributed by atoms with Gasteiger partial charge in [-0.3, -0.25) is 10.1 Å². The van der Waals surface area contributed by atoms with Crippen molar-refractivity contribution in [2.45, 2.75) is 19.5 Å². The molecule has 0 amide bonds. The largest absolute Gasteiger partial charge is 0.478 e. The van der Waals surface area contributed by atoms with E-state index in [2.05, 4.69) is 0 Å². The van der Waals surface area contributed by atoms with E-state index in [0.717, 1.165) is 23.1 Å². The smallest absolute Gasteiger partial charge is 0.405 e. The summed E-state index contributed by atoms with van der Waals surface area (Å²) in [5.74, 6) is -1.44. The summed E-state index contributed by atoms with van der Waals surface area (Å²) in [7, 11) is 0. The van der Waals surface area contributed by atoms with E-state index in [9.17, 15) is 28.1 Å². The van der Waals surface area contributed by atoms with E-state index in [0.29, 0.717) is 6.42 Å². The Kier molecular flexibility index (Phi) is 5.12. The van der Waals surface area contributed by atoms with E-state index in [1.165, 1.54) is 0 Å². The second-order valence-electron chi connectivity index (χ2n) is 4.30. The second-order valence-corrected chi connectivity index (χ2v) is 4.30. The van der Waals surface area contributed by atoms with Crippen LogP contribution in [0.4, 0.5) is 24.5 Å². The third-order valence-electron chi connectivity index (χ3n) is 2.63. The number of carboxylic acid groups (broad SMARTS) is 1. The van der Waals surface area contributed by atoms with Gasteiger partial charge >= 0.3 is 12.1 Å². The summed E-state index contributed by atoms with van der Waals surface area (Å²) in [5, 5.41) is 19.8. The first-order chi connectivity index (χ1) is 9.65. The lowest BCUT2D eigenvalue weighted by atomic mass is 10.1. The number of nitro groups is 1. The van der Waals surface area contributed by atoms with E-state index in [-0.39, 0.29) is 12.2 Å². The normalized spacial score (nSPS) is 11.2. The summed E-state index contributed by atoms with van der Waals surface area (Å²) in [6.07, 6.45) is -4.21. The van der Waals surface area contributed by atoms with Gasteiger partial charge in [0.15, 0.2) is 0 Å². The van der Waals surface area contributed by atoms with E-state index in [1.54, 1.807) is 6.92 Å². The van der Waals surface area contributed by atoms with Gasteiger partial charge in [-0.2, -0.15) is 13.2 Å². The van der Waals surface area contributed by atoms with Gasteiger partial charge in [-0.1, -0.05) is 6.92 Å². The van der Waals surface area contributed by atoms with Crippen LogP contribution in [-0.2, 0) is 0 Å². The molecule has 0 spiro atoms. The number of alkyl halides is 3. The van der Waals surface area contributed by atoms with Crippen molar-refractivity contribution < 1.29 is 28.0 Å². The molecular formula is C12H13F3N2O4. The molecule has 0 heterocycles. The zero-order valence-electron chi connectivity index (χ0n) is 11.1. The molecule has 0 aliphatic rings. The maximum Gasteiger partial charge on any atom is 0.405 e. The third-order valence-corrected chi connectivity index (χ3v) is 2.63. The van der Waals surface area contributed by atoms with Crippen LogP contribution in [0.5, 0.6) is 0 Å². The van der Waals surface area contributed by atoms with Crippen molar-refractivity contribution in [2.24, 2.45) is 0 Å². The van der Waals surface area contributed by atoms with E-state index >= 15 is 0 Å². The van der Waals surface area contributed by atoms with Crippen molar-refractivity contribution in [2.75, 3.05) is 18.0 Å². The van der Waals surface area contributed by atoms with Crippen LogP contribution in [0.15, 0.2) is 18.2 Å². The highest BCUT2D eigenvalue weighted by Crippen LogP contribution is 2.29. The van der Waals surface area contributed by atoms with Crippen LogP contribution in [0.1, 0.15) is 23.7 Å². The lowest BCUT2D eigenvalue weighted by Crippen LogP contribution is -2.35. The number of carbonyl (C=O) groups is 1. The van der Waals surface area contributed by atoms with Gasteiger partial charge in [0.1, 0.15) is 6.54 Å². The lowest BCUT2D eigenvalue weighted by molar-refractivity contribution is -0.384. The van der Waals surface area contributed by atoms with Gasteiger partial charge in [0.25, 0.3) is 5.69 Å². The molecule has 0 unspecified atom stereocenters. The minimum absolute atomic E-state index is 0.0685. The van der Waals surface area contributed by atoms with E-state index < -0.39 is 34.9 Å². The van der Waals surface area contributed by atoms with Crippen LogP contribution >= 0.6 is 0 Å². The summed E-state index contributed by atoms with van der Waals surface area (Å²) in [4.78, 5) is 21.8. The summed E-state index contributed by atoms with van der Waals surface area (Å²) < 4.78 is 37.8. The quantitative estimate of drug-likeness (QED) is 0.645. The Bertz CT molecular complexity index is 546. The molecule has 0 aliphatic carbocycles. The van der Waals surface area contributed by atoms with Crippen LogP contribution in [-0.4, -0.2) is 35.3 Å². The fraction of sp³-hybridized carbons (Fsp3) is 0.417. The average molecular weight is 306 g/mol. The summed E-state index contributed by atoms with van der Waals surface area (Å²) in [6.45, 7) is 0.185. The number of hydrogen-bond acceptors (Lipinski definition) is 4. The van der Waals surface area contributed by atoms with Crippen LogP contribution in [0.2, 0.25) is 0 Å². The predicted molar refractivity (Wildman–Crippen MR) is 68.6 cm³/mol. The Morgan fingerprint density at radius 1 is 1.43 bits per heavy atom. The highest BCUT2D eigenvalue weighted by Gasteiger charge is 2.32. The van der Waals surface area contributed by atoms with Gasteiger partial charge in [0.2, 0.25) is 0 Å². The van der Waals surface area contributed by atoms with Crippen LogP contribution in [0.3, 0.4) is 0 Å². The number of nitro benzene ring substituents is 1. The molecule has 1 aromatic carbocycles. The molecule has 0 fully saturated rings. The molecule has 1 aromatic rings. The number of nitrogens with zero attached hydrogens (tertiary/aromatic N) is 2. The fourth-order valence-corrected chi connectivity index (χ4v) is 1.85. The number of hydrogen-bond donors (Lipinski definition) is 1. The maximum absolute atomic E-state index is 12.6. The first-order valence-electron chi connectivity index (χ1n) is 5.99. The van der Waals surface area contributed by atoms with Gasteiger partial charge in [-0.25, -0.2) is 4.79 Å².